The molecule has 1 aromatic carbocycles. The number of hydrogen-bond donors (Lipinski definition) is 1. The number of ether oxygens (including phenoxy) is 1. The number of para-hydroxylation sites is 1. The average molecular weight is 411 g/mol. The highest BCUT2D eigenvalue weighted by molar-refractivity contribution is 7.89. The van der Waals surface area contributed by atoms with Crippen LogP contribution in [0.2, 0.25) is 0 Å². The van der Waals surface area contributed by atoms with Gasteiger partial charge in [-0.1, -0.05) is 45.2 Å². The highest BCUT2D eigenvalue weighted by Crippen LogP contribution is 2.29. The predicted octanol–water partition coefficient (Wildman–Crippen LogP) is 3.17. The third-order valence-corrected chi connectivity index (χ3v) is 7.24. The van der Waals surface area contributed by atoms with Gasteiger partial charge in [0, 0.05) is 13.1 Å². The molecule has 1 aliphatic carbocycles. The van der Waals surface area contributed by atoms with Gasteiger partial charge in [0.05, 0.1) is 11.6 Å². The third kappa shape index (κ3) is 5.54. The number of sulfonamides is 1. The Morgan fingerprint density at radius 3 is 2.50 bits per heavy atom. The highest BCUT2D eigenvalue weighted by atomic mass is 32.2. The van der Waals surface area contributed by atoms with Crippen molar-refractivity contribution in [3.05, 3.63) is 24.3 Å². The molecule has 0 bridgehead atoms. The second kappa shape index (κ2) is 10.0. The minimum absolute atomic E-state index is 0.0287. The van der Waals surface area contributed by atoms with Gasteiger partial charge in [0.25, 0.3) is 5.91 Å². The van der Waals surface area contributed by atoms with Crippen LogP contribution < -0.4 is 5.32 Å². The van der Waals surface area contributed by atoms with E-state index in [1.807, 2.05) is 6.92 Å². The molecule has 0 aliphatic heterocycles. The van der Waals surface area contributed by atoms with Crippen LogP contribution in [-0.2, 0) is 24.3 Å². The van der Waals surface area contributed by atoms with Gasteiger partial charge < -0.3 is 10.1 Å². The Morgan fingerprint density at radius 1 is 1.21 bits per heavy atom. The first-order valence-electron chi connectivity index (χ1n) is 9.81. The number of amides is 1. The molecule has 0 aromatic heterocycles. The number of carbonyl (C=O) groups is 2. The van der Waals surface area contributed by atoms with Crippen LogP contribution in [0.15, 0.2) is 29.2 Å². The number of carbonyl (C=O) groups excluding carboxylic acids is 2. The fourth-order valence-corrected chi connectivity index (χ4v) is 4.78. The van der Waals surface area contributed by atoms with Crippen molar-refractivity contribution in [3.63, 3.8) is 0 Å². The Morgan fingerprint density at radius 2 is 1.86 bits per heavy atom. The van der Waals surface area contributed by atoms with Gasteiger partial charge in [-0.3, -0.25) is 9.59 Å². The Hall–Kier alpha value is -1.93. The van der Waals surface area contributed by atoms with Gasteiger partial charge >= 0.3 is 5.97 Å². The fourth-order valence-electron chi connectivity index (χ4n) is 3.22. The predicted molar refractivity (Wildman–Crippen MR) is 107 cm³/mol. The summed E-state index contributed by atoms with van der Waals surface area (Å²) in [6.07, 6.45) is 5.47. The van der Waals surface area contributed by atoms with Crippen molar-refractivity contribution in [1.29, 1.82) is 0 Å². The van der Waals surface area contributed by atoms with Crippen LogP contribution in [0.1, 0.15) is 52.4 Å². The van der Waals surface area contributed by atoms with E-state index in [9.17, 15) is 18.0 Å². The lowest BCUT2D eigenvalue weighted by Gasteiger charge is -2.30. The van der Waals surface area contributed by atoms with Crippen LogP contribution >= 0.6 is 0 Å². The first kappa shape index (κ1) is 22.4. The zero-order valence-electron chi connectivity index (χ0n) is 16.8. The number of hydrogen-bond acceptors (Lipinski definition) is 5. The van der Waals surface area contributed by atoms with Crippen molar-refractivity contribution in [2.45, 2.75) is 63.3 Å². The molecule has 0 spiro atoms. The maximum Gasteiger partial charge on any atom is 0.309 e. The molecule has 1 saturated carbocycles. The third-order valence-electron chi connectivity index (χ3n) is 5.27. The van der Waals surface area contributed by atoms with Crippen LogP contribution in [0.4, 0.5) is 5.69 Å². The molecule has 0 saturated heterocycles. The Bertz CT molecular complexity index is 788. The van der Waals surface area contributed by atoms with Crippen LogP contribution in [0, 0.1) is 5.92 Å². The molecule has 1 amide bonds. The average Bonchev–Trinajstić information content (AvgIpc) is 2.71. The van der Waals surface area contributed by atoms with Crippen LogP contribution in [0.25, 0.3) is 0 Å². The number of anilines is 1. The molecule has 1 aromatic rings. The second-order valence-electron chi connectivity index (χ2n) is 7.27. The molecule has 0 heterocycles. The molecule has 7 nitrogen and oxygen atoms in total. The van der Waals surface area contributed by atoms with Gasteiger partial charge in [-0.15, -0.1) is 0 Å². The van der Waals surface area contributed by atoms with Crippen LogP contribution in [0.3, 0.4) is 0 Å². The summed E-state index contributed by atoms with van der Waals surface area (Å²) in [6, 6.07) is 6.27. The van der Waals surface area contributed by atoms with Crippen molar-refractivity contribution in [1.82, 2.24) is 4.31 Å². The molecular formula is C20H30N2O5S. The van der Waals surface area contributed by atoms with Gasteiger partial charge in [0.1, 0.15) is 4.90 Å². The number of rotatable bonds is 8. The van der Waals surface area contributed by atoms with Gasteiger partial charge in [0.15, 0.2) is 6.61 Å². The molecule has 1 unspecified atom stereocenters. The molecule has 1 atom stereocenters. The summed E-state index contributed by atoms with van der Waals surface area (Å²) < 4.78 is 32.6. The van der Waals surface area contributed by atoms with E-state index in [1.165, 1.54) is 16.4 Å². The molecule has 28 heavy (non-hydrogen) atoms. The Balaban J connectivity index is 2.11. The summed E-state index contributed by atoms with van der Waals surface area (Å²) >= 11 is 0. The summed E-state index contributed by atoms with van der Waals surface area (Å²) in [6.45, 7) is 3.13. The quantitative estimate of drug-likeness (QED) is 0.665. The lowest BCUT2D eigenvalue weighted by molar-refractivity contribution is -0.151. The zero-order valence-corrected chi connectivity index (χ0v) is 17.6. The maximum absolute atomic E-state index is 13.1. The summed E-state index contributed by atoms with van der Waals surface area (Å²) in [5.74, 6) is -1.31. The van der Waals surface area contributed by atoms with E-state index < -0.39 is 28.5 Å². The minimum Gasteiger partial charge on any atom is -0.455 e. The highest BCUT2D eigenvalue weighted by Gasteiger charge is 2.31. The molecule has 156 valence electrons. The summed E-state index contributed by atoms with van der Waals surface area (Å²) in [5.41, 5.74) is 0.190. The fraction of sp³-hybridized carbons (Fsp3) is 0.600. The van der Waals surface area contributed by atoms with Gasteiger partial charge in [-0.25, -0.2) is 8.42 Å². The number of nitrogens with one attached hydrogen (secondary N) is 1. The molecule has 1 N–H and O–H groups in total. The minimum atomic E-state index is -3.75. The van der Waals surface area contributed by atoms with E-state index in [4.69, 9.17) is 4.74 Å². The van der Waals surface area contributed by atoms with Crippen molar-refractivity contribution in [2.75, 3.05) is 19.0 Å². The summed E-state index contributed by atoms with van der Waals surface area (Å²) in [7, 11) is -2.16. The van der Waals surface area contributed by atoms with Crippen molar-refractivity contribution < 1.29 is 22.7 Å². The monoisotopic (exact) mass is 410 g/mol. The molecular weight excluding hydrogens is 380 g/mol. The van der Waals surface area contributed by atoms with Gasteiger partial charge in [0.2, 0.25) is 10.0 Å². The van der Waals surface area contributed by atoms with Crippen molar-refractivity contribution in [3.8, 4) is 0 Å². The molecule has 0 radical (unpaired) electrons. The van der Waals surface area contributed by atoms with E-state index in [0.717, 1.165) is 32.1 Å². The van der Waals surface area contributed by atoms with Crippen LogP contribution in [0.5, 0.6) is 0 Å². The van der Waals surface area contributed by atoms with Gasteiger partial charge in [-0.2, -0.15) is 4.31 Å². The Labute approximate surface area is 167 Å². The first-order valence-corrected chi connectivity index (χ1v) is 11.2. The van der Waals surface area contributed by atoms with Crippen LogP contribution in [-0.4, -0.2) is 44.3 Å². The topological polar surface area (TPSA) is 92.8 Å². The number of benzene rings is 1. The molecule has 1 aliphatic rings. The van der Waals surface area contributed by atoms with E-state index in [0.29, 0.717) is 6.42 Å². The normalized spacial score (nSPS) is 16.6. The SMILES string of the molecule is CCC(C)C(=O)OCC(=O)Nc1ccccc1S(=O)(=O)N(C)C1CCCCC1. The second-order valence-corrected chi connectivity index (χ2v) is 9.24. The zero-order chi connectivity index (χ0) is 20.7. The number of nitrogens with zero attached hydrogens (tertiary/aromatic N) is 1. The first-order chi connectivity index (χ1) is 13.3. The molecule has 2 rings (SSSR count). The molecule has 8 heteroatoms. The standard InChI is InChI=1S/C20H30N2O5S/c1-4-15(2)20(24)27-14-19(23)21-17-12-8-9-13-18(17)28(25,26)22(3)16-10-6-5-7-11-16/h8-9,12-13,15-16H,4-7,10-11,14H2,1-3H3,(H,21,23). The summed E-state index contributed by atoms with van der Waals surface area (Å²) in [4.78, 5) is 23.9. The van der Waals surface area contributed by atoms with E-state index in [1.54, 1.807) is 26.1 Å². The van der Waals surface area contributed by atoms with E-state index >= 15 is 0 Å². The lowest BCUT2D eigenvalue weighted by Crippen LogP contribution is -2.38. The van der Waals surface area contributed by atoms with E-state index in [-0.39, 0.29) is 22.5 Å². The summed E-state index contributed by atoms with van der Waals surface area (Å²) in [5, 5.41) is 2.56. The Kier molecular flexibility index (Phi) is 8.00. The maximum atomic E-state index is 13.1. The van der Waals surface area contributed by atoms with Crippen molar-refractivity contribution >= 4 is 27.6 Å². The largest absolute Gasteiger partial charge is 0.455 e. The molecule has 1 fully saturated rings. The smallest absolute Gasteiger partial charge is 0.309 e. The lowest BCUT2D eigenvalue weighted by atomic mass is 9.96. The van der Waals surface area contributed by atoms with E-state index in [2.05, 4.69) is 5.32 Å². The van der Waals surface area contributed by atoms with Gasteiger partial charge in [-0.05, 0) is 31.4 Å². The number of esters is 1. The van der Waals surface area contributed by atoms with Crippen molar-refractivity contribution in [2.24, 2.45) is 5.92 Å².